The fraction of sp³-hybridized carbons (Fsp3) is 0. The van der Waals surface area contributed by atoms with E-state index < -0.39 is 5.82 Å². The van der Waals surface area contributed by atoms with Crippen LogP contribution in [-0.4, -0.2) is 20.2 Å². The molecule has 3 aromatic rings. The van der Waals surface area contributed by atoms with Gasteiger partial charge in [0.25, 0.3) is 5.91 Å². The van der Waals surface area contributed by atoms with E-state index in [-0.39, 0.29) is 10.9 Å². The van der Waals surface area contributed by atoms with E-state index in [1.54, 1.807) is 18.5 Å². The maximum absolute atomic E-state index is 13.4. The van der Waals surface area contributed by atoms with Gasteiger partial charge in [-0.2, -0.15) is 0 Å². The highest BCUT2D eigenvalue weighted by molar-refractivity contribution is 8.27. The van der Waals surface area contributed by atoms with E-state index >= 15 is 0 Å². The quantitative estimate of drug-likeness (QED) is 0.454. The van der Waals surface area contributed by atoms with Gasteiger partial charge in [0.2, 0.25) is 0 Å². The van der Waals surface area contributed by atoms with Gasteiger partial charge >= 0.3 is 0 Å². The maximum Gasteiger partial charge on any atom is 0.270 e. The van der Waals surface area contributed by atoms with Gasteiger partial charge in [-0.3, -0.25) is 19.7 Å². The summed E-state index contributed by atoms with van der Waals surface area (Å²) in [6, 6.07) is 9.62. The van der Waals surface area contributed by atoms with Crippen molar-refractivity contribution >= 4 is 68.6 Å². The Labute approximate surface area is 162 Å². The summed E-state index contributed by atoms with van der Waals surface area (Å²) < 4.78 is 13.8. The second-order valence-electron chi connectivity index (χ2n) is 5.39. The third-order valence-electron chi connectivity index (χ3n) is 3.77. The molecule has 0 aliphatic carbocycles. The van der Waals surface area contributed by atoms with Crippen molar-refractivity contribution in [2.24, 2.45) is 0 Å². The van der Waals surface area contributed by atoms with Crippen molar-refractivity contribution < 1.29 is 9.18 Å². The SMILES string of the molecule is O=C1C(=Cc2cccc3nccnc23)SC(=S)N1c1ccc(F)c(Cl)c1. The molecular formula is C18H9ClFN3OS2. The van der Waals surface area contributed by atoms with Gasteiger partial charge in [0.15, 0.2) is 4.32 Å². The number of aromatic nitrogens is 2. The number of thiocarbonyl (C=S) groups is 1. The summed E-state index contributed by atoms with van der Waals surface area (Å²) in [6.45, 7) is 0. The molecule has 1 aliphatic rings. The molecule has 4 nitrogen and oxygen atoms in total. The van der Waals surface area contributed by atoms with E-state index in [0.29, 0.717) is 20.4 Å². The Morgan fingerprint density at radius 3 is 2.81 bits per heavy atom. The predicted molar refractivity (Wildman–Crippen MR) is 107 cm³/mol. The second-order valence-corrected chi connectivity index (χ2v) is 7.47. The molecule has 0 N–H and O–H groups in total. The molecule has 0 unspecified atom stereocenters. The number of benzene rings is 2. The number of halogens is 2. The van der Waals surface area contributed by atoms with E-state index in [4.69, 9.17) is 23.8 Å². The standard InChI is InChI=1S/C18H9ClFN3OS2/c19-12-9-11(4-5-13(12)20)23-17(24)15(26-18(23)25)8-10-2-1-3-14-16(10)22-7-6-21-14/h1-9H. The van der Waals surface area contributed by atoms with Gasteiger partial charge in [-0.05, 0) is 30.3 Å². The molecule has 1 aromatic heterocycles. The first-order valence-corrected chi connectivity index (χ1v) is 9.07. The van der Waals surface area contributed by atoms with Crippen LogP contribution in [0.2, 0.25) is 5.02 Å². The van der Waals surface area contributed by atoms with Crippen LogP contribution in [0.15, 0.2) is 53.7 Å². The highest BCUT2D eigenvalue weighted by Crippen LogP contribution is 2.37. The van der Waals surface area contributed by atoms with Gasteiger partial charge in [-0.1, -0.05) is 47.7 Å². The van der Waals surface area contributed by atoms with E-state index in [1.807, 2.05) is 18.2 Å². The normalized spacial score (nSPS) is 16.1. The highest BCUT2D eigenvalue weighted by Gasteiger charge is 2.33. The molecule has 1 aliphatic heterocycles. The smallest absolute Gasteiger partial charge is 0.268 e. The van der Waals surface area contributed by atoms with Crippen molar-refractivity contribution in [1.29, 1.82) is 0 Å². The molecule has 0 radical (unpaired) electrons. The van der Waals surface area contributed by atoms with Crippen molar-refractivity contribution in [1.82, 2.24) is 9.97 Å². The summed E-state index contributed by atoms with van der Waals surface area (Å²) >= 11 is 12.3. The fourth-order valence-corrected chi connectivity index (χ4v) is 4.05. The second kappa shape index (κ2) is 6.75. The summed E-state index contributed by atoms with van der Waals surface area (Å²) in [6.07, 6.45) is 4.96. The number of thioether (sulfide) groups is 1. The van der Waals surface area contributed by atoms with Crippen LogP contribution in [0, 0.1) is 5.82 Å². The monoisotopic (exact) mass is 401 g/mol. The molecule has 1 fully saturated rings. The molecule has 2 heterocycles. The minimum absolute atomic E-state index is 0.0649. The Morgan fingerprint density at radius 2 is 2.00 bits per heavy atom. The first-order valence-electron chi connectivity index (χ1n) is 7.47. The molecule has 0 saturated carbocycles. The van der Waals surface area contributed by atoms with Crippen LogP contribution in [0.25, 0.3) is 17.1 Å². The average molecular weight is 402 g/mol. The number of carbonyl (C=O) groups excluding carboxylic acids is 1. The van der Waals surface area contributed by atoms with Gasteiger partial charge in [-0.25, -0.2) is 4.39 Å². The van der Waals surface area contributed by atoms with Crippen molar-refractivity contribution in [2.75, 3.05) is 4.90 Å². The lowest BCUT2D eigenvalue weighted by molar-refractivity contribution is -0.113. The van der Waals surface area contributed by atoms with E-state index in [1.165, 1.54) is 34.9 Å². The predicted octanol–water partition coefficient (Wildman–Crippen LogP) is 4.83. The molecular weight excluding hydrogens is 393 g/mol. The molecule has 26 heavy (non-hydrogen) atoms. The number of para-hydroxylation sites is 1. The van der Waals surface area contributed by atoms with Crippen LogP contribution < -0.4 is 4.90 Å². The van der Waals surface area contributed by atoms with Crippen LogP contribution in [0.3, 0.4) is 0 Å². The van der Waals surface area contributed by atoms with Crippen molar-refractivity contribution in [3.63, 3.8) is 0 Å². The molecule has 0 spiro atoms. The Bertz CT molecular complexity index is 1100. The number of amides is 1. The van der Waals surface area contributed by atoms with Crippen LogP contribution in [0.5, 0.6) is 0 Å². The van der Waals surface area contributed by atoms with E-state index in [9.17, 15) is 9.18 Å². The molecule has 0 bridgehead atoms. The summed E-state index contributed by atoms with van der Waals surface area (Å²) in [5, 5.41) is -0.0649. The molecule has 8 heteroatoms. The highest BCUT2D eigenvalue weighted by atomic mass is 35.5. The maximum atomic E-state index is 13.4. The number of hydrogen-bond donors (Lipinski definition) is 0. The van der Waals surface area contributed by atoms with Crippen LogP contribution >= 0.6 is 35.6 Å². The zero-order chi connectivity index (χ0) is 18.3. The first kappa shape index (κ1) is 17.1. The molecule has 2 aromatic carbocycles. The summed E-state index contributed by atoms with van der Waals surface area (Å²) in [4.78, 5) is 23.2. The fourth-order valence-electron chi connectivity index (χ4n) is 2.59. The van der Waals surface area contributed by atoms with Crippen molar-refractivity contribution in [2.45, 2.75) is 0 Å². The lowest BCUT2D eigenvalue weighted by atomic mass is 10.1. The Kier molecular flexibility index (Phi) is 4.44. The molecule has 0 atom stereocenters. The minimum atomic E-state index is -0.550. The van der Waals surface area contributed by atoms with Crippen molar-refractivity contribution in [3.05, 3.63) is 70.1 Å². The van der Waals surface area contributed by atoms with Gasteiger partial charge in [-0.15, -0.1) is 0 Å². The van der Waals surface area contributed by atoms with Gasteiger partial charge in [0.1, 0.15) is 5.82 Å². The molecule has 1 saturated heterocycles. The van der Waals surface area contributed by atoms with E-state index in [0.717, 1.165) is 11.1 Å². The topological polar surface area (TPSA) is 46.1 Å². The Balaban J connectivity index is 1.75. The van der Waals surface area contributed by atoms with Crippen LogP contribution in [-0.2, 0) is 4.79 Å². The number of hydrogen-bond acceptors (Lipinski definition) is 5. The third-order valence-corrected chi connectivity index (χ3v) is 5.36. The summed E-state index contributed by atoms with van der Waals surface area (Å²) in [5.41, 5.74) is 2.64. The molecule has 4 rings (SSSR count). The first-order chi connectivity index (χ1) is 12.5. The molecule has 1 amide bonds. The van der Waals surface area contributed by atoms with Gasteiger partial charge < -0.3 is 0 Å². The zero-order valence-electron chi connectivity index (χ0n) is 13.0. The lowest BCUT2D eigenvalue weighted by Gasteiger charge is -2.14. The number of nitrogens with zero attached hydrogens (tertiary/aromatic N) is 3. The number of fused-ring (bicyclic) bond motifs is 1. The number of anilines is 1. The van der Waals surface area contributed by atoms with E-state index in [2.05, 4.69) is 9.97 Å². The average Bonchev–Trinajstić information content (AvgIpc) is 2.91. The van der Waals surface area contributed by atoms with Gasteiger partial charge in [0.05, 0.1) is 26.6 Å². The van der Waals surface area contributed by atoms with Crippen molar-refractivity contribution in [3.8, 4) is 0 Å². The minimum Gasteiger partial charge on any atom is -0.268 e. The molecule has 128 valence electrons. The lowest BCUT2D eigenvalue weighted by Crippen LogP contribution is -2.27. The largest absolute Gasteiger partial charge is 0.270 e. The number of rotatable bonds is 2. The van der Waals surface area contributed by atoms with Gasteiger partial charge in [0, 0.05) is 18.0 Å². The zero-order valence-corrected chi connectivity index (χ0v) is 15.4. The number of carbonyl (C=O) groups is 1. The summed E-state index contributed by atoms with van der Waals surface area (Å²) in [5.74, 6) is -0.839. The van der Waals surface area contributed by atoms with Crippen LogP contribution in [0.4, 0.5) is 10.1 Å². The van der Waals surface area contributed by atoms with Crippen LogP contribution in [0.1, 0.15) is 5.56 Å². The third kappa shape index (κ3) is 2.98. The Morgan fingerprint density at radius 1 is 1.19 bits per heavy atom. The Hall–Kier alpha value is -2.35. The summed E-state index contributed by atoms with van der Waals surface area (Å²) in [7, 11) is 0.